The zero-order chi connectivity index (χ0) is 13.4. The van der Waals surface area contributed by atoms with E-state index in [1.807, 2.05) is 18.2 Å². The number of halogens is 1. The smallest absolute Gasteiger partial charge is 0.220 e. The molecule has 19 heavy (non-hydrogen) atoms. The number of hydrogen-bond acceptors (Lipinski definition) is 3. The number of amides is 1. The van der Waals surface area contributed by atoms with Crippen molar-refractivity contribution in [1.82, 2.24) is 5.32 Å². The fraction of sp³-hybridized carbons (Fsp3) is 0.214. The van der Waals surface area contributed by atoms with Crippen molar-refractivity contribution in [2.75, 3.05) is 6.54 Å². The predicted octanol–water partition coefficient (Wildman–Crippen LogP) is 3.38. The molecule has 98 valence electrons. The quantitative estimate of drug-likeness (QED) is 0.892. The van der Waals surface area contributed by atoms with Crippen molar-refractivity contribution >= 4 is 28.8 Å². The summed E-state index contributed by atoms with van der Waals surface area (Å²) in [6.07, 6.45) is 0.549. The molecule has 1 aromatic heterocycles. The van der Waals surface area contributed by atoms with Crippen LogP contribution in [0.4, 0.5) is 0 Å². The molecule has 0 aliphatic carbocycles. The van der Waals surface area contributed by atoms with Gasteiger partial charge in [0.15, 0.2) is 0 Å². The Kier molecular flexibility index (Phi) is 3.21. The highest BCUT2D eigenvalue weighted by Gasteiger charge is 2.24. The van der Waals surface area contributed by atoms with Crippen LogP contribution in [0, 0.1) is 0 Å². The van der Waals surface area contributed by atoms with Gasteiger partial charge < -0.3 is 10.4 Å². The Bertz CT molecular complexity index is 638. The fourth-order valence-corrected chi connectivity index (χ4v) is 3.66. The summed E-state index contributed by atoms with van der Waals surface area (Å²) in [5, 5.41) is 12.8. The first-order valence-electron chi connectivity index (χ1n) is 5.99. The number of hydrogen-bond donors (Lipinski definition) is 2. The first-order chi connectivity index (χ1) is 9.15. The van der Waals surface area contributed by atoms with Crippen molar-refractivity contribution in [1.29, 1.82) is 0 Å². The lowest BCUT2D eigenvalue weighted by atomic mass is 10.1. The van der Waals surface area contributed by atoms with Crippen LogP contribution in [0.3, 0.4) is 0 Å². The Labute approximate surface area is 119 Å². The normalized spacial score (nSPS) is 18.6. The zero-order valence-electron chi connectivity index (χ0n) is 10.0. The van der Waals surface area contributed by atoms with E-state index in [4.69, 9.17) is 11.6 Å². The average molecular weight is 294 g/mol. The molecule has 1 aliphatic rings. The maximum atomic E-state index is 11.2. The lowest BCUT2D eigenvalue weighted by Gasteiger charge is -2.04. The Hall–Kier alpha value is -1.52. The van der Waals surface area contributed by atoms with E-state index in [2.05, 4.69) is 5.32 Å². The minimum atomic E-state index is 0.0897. The Morgan fingerprint density at radius 2 is 2.16 bits per heavy atom. The molecule has 1 unspecified atom stereocenters. The first kappa shape index (κ1) is 12.5. The van der Waals surface area contributed by atoms with E-state index < -0.39 is 0 Å². The molecule has 1 amide bonds. The van der Waals surface area contributed by atoms with E-state index >= 15 is 0 Å². The number of phenolic OH excluding ortho intramolecular Hbond substituents is 1. The van der Waals surface area contributed by atoms with Gasteiger partial charge in [-0.05, 0) is 18.2 Å². The molecule has 2 N–H and O–H groups in total. The van der Waals surface area contributed by atoms with Crippen LogP contribution in [0.25, 0.3) is 10.4 Å². The molecule has 1 fully saturated rings. The zero-order valence-corrected chi connectivity index (χ0v) is 11.6. The minimum absolute atomic E-state index is 0.0897. The third-order valence-electron chi connectivity index (χ3n) is 3.25. The van der Waals surface area contributed by atoms with Crippen molar-refractivity contribution in [3.63, 3.8) is 0 Å². The second kappa shape index (κ2) is 4.87. The predicted molar refractivity (Wildman–Crippen MR) is 76.8 cm³/mol. The van der Waals surface area contributed by atoms with E-state index in [1.165, 1.54) is 4.88 Å². The molecule has 1 aliphatic heterocycles. The summed E-state index contributed by atoms with van der Waals surface area (Å²) in [5.41, 5.74) is 0.829. The number of thiophene rings is 1. The van der Waals surface area contributed by atoms with Gasteiger partial charge in [-0.15, -0.1) is 11.3 Å². The molecular formula is C14H12ClNO2S. The highest BCUT2D eigenvalue weighted by molar-refractivity contribution is 7.15. The van der Waals surface area contributed by atoms with Crippen LogP contribution in [0.5, 0.6) is 5.75 Å². The van der Waals surface area contributed by atoms with Crippen LogP contribution in [0.15, 0.2) is 30.3 Å². The summed E-state index contributed by atoms with van der Waals surface area (Å²) in [6, 6.07) is 9.25. The molecule has 0 spiro atoms. The molecule has 0 saturated carbocycles. The number of aromatic hydroxyl groups is 1. The summed E-state index contributed by atoms with van der Waals surface area (Å²) in [7, 11) is 0. The molecule has 0 bridgehead atoms. The molecule has 0 radical (unpaired) electrons. The third kappa shape index (κ3) is 2.33. The van der Waals surface area contributed by atoms with Gasteiger partial charge in [0.05, 0.1) is 5.02 Å². The topological polar surface area (TPSA) is 49.3 Å². The molecule has 2 aromatic rings. The van der Waals surface area contributed by atoms with E-state index in [9.17, 15) is 9.90 Å². The SMILES string of the molecule is O=C1CC(c2ccc(-c3cccc(O)c3Cl)s2)CN1. The van der Waals surface area contributed by atoms with Crippen LogP contribution < -0.4 is 5.32 Å². The van der Waals surface area contributed by atoms with Crippen LogP contribution >= 0.6 is 22.9 Å². The average Bonchev–Trinajstić information content (AvgIpc) is 3.01. The van der Waals surface area contributed by atoms with Crippen LogP contribution in [0.2, 0.25) is 5.02 Å². The van der Waals surface area contributed by atoms with Crippen LogP contribution in [0.1, 0.15) is 17.2 Å². The van der Waals surface area contributed by atoms with Crippen molar-refractivity contribution in [2.45, 2.75) is 12.3 Å². The van der Waals surface area contributed by atoms with Crippen LogP contribution in [-0.4, -0.2) is 17.6 Å². The molecule has 1 saturated heterocycles. The largest absolute Gasteiger partial charge is 0.506 e. The number of benzene rings is 1. The molecule has 1 atom stereocenters. The standard InChI is InChI=1S/C14H12ClNO2S/c15-14-9(2-1-3-10(14)17)12-5-4-11(19-12)8-6-13(18)16-7-8/h1-5,8,17H,6-7H2,(H,16,18). The second-order valence-corrected chi connectivity index (χ2v) is 6.04. The van der Waals surface area contributed by atoms with E-state index in [1.54, 1.807) is 23.5 Å². The molecule has 2 heterocycles. The Balaban J connectivity index is 1.93. The third-order valence-corrected chi connectivity index (χ3v) is 4.93. The van der Waals surface area contributed by atoms with Gasteiger partial charge in [0.2, 0.25) is 5.91 Å². The fourth-order valence-electron chi connectivity index (χ4n) is 2.23. The molecule has 3 nitrogen and oxygen atoms in total. The second-order valence-electron chi connectivity index (χ2n) is 4.55. The van der Waals surface area contributed by atoms with Crippen molar-refractivity contribution in [3.05, 3.63) is 40.2 Å². The number of rotatable bonds is 2. The number of nitrogens with one attached hydrogen (secondary N) is 1. The molecule has 1 aromatic carbocycles. The van der Waals surface area contributed by atoms with Crippen molar-refractivity contribution in [2.24, 2.45) is 0 Å². The lowest BCUT2D eigenvalue weighted by Crippen LogP contribution is -2.13. The van der Waals surface area contributed by atoms with Crippen LogP contribution in [-0.2, 0) is 4.79 Å². The van der Waals surface area contributed by atoms with Gasteiger partial charge in [-0.2, -0.15) is 0 Å². The van der Waals surface area contributed by atoms with Gasteiger partial charge in [-0.25, -0.2) is 0 Å². The Morgan fingerprint density at radius 3 is 2.89 bits per heavy atom. The van der Waals surface area contributed by atoms with Gasteiger partial charge in [-0.3, -0.25) is 4.79 Å². The summed E-state index contributed by atoms with van der Waals surface area (Å²) in [5.74, 6) is 0.449. The maximum Gasteiger partial charge on any atom is 0.220 e. The summed E-state index contributed by atoms with van der Waals surface area (Å²) in [4.78, 5) is 13.4. The van der Waals surface area contributed by atoms with E-state index in [0.717, 1.165) is 10.4 Å². The summed E-state index contributed by atoms with van der Waals surface area (Å²) in [6.45, 7) is 0.701. The Morgan fingerprint density at radius 1 is 1.32 bits per heavy atom. The lowest BCUT2D eigenvalue weighted by molar-refractivity contribution is -0.119. The summed E-state index contributed by atoms with van der Waals surface area (Å²) >= 11 is 7.73. The molecular weight excluding hydrogens is 282 g/mol. The number of phenols is 1. The van der Waals surface area contributed by atoms with E-state index in [0.29, 0.717) is 18.0 Å². The minimum Gasteiger partial charge on any atom is -0.506 e. The molecule has 3 rings (SSSR count). The highest BCUT2D eigenvalue weighted by atomic mass is 35.5. The maximum absolute atomic E-state index is 11.2. The van der Waals surface area contributed by atoms with Gasteiger partial charge >= 0.3 is 0 Å². The van der Waals surface area contributed by atoms with Crippen molar-refractivity contribution in [3.8, 4) is 16.2 Å². The first-order valence-corrected chi connectivity index (χ1v) is 7.19. The monoisotopic (exact) mass is 293 g/mol. The van der Waals surface area contributed by atoms with Crippen molar-refractivity contribution < 1.29 is 9.90 Å². The number of carbonyl (C=O) groups is 1. The summed E-state index contributed by atoms with van der Waals surface area (Å²) < 4.78 is 0. The van der Waals surface area contributed by atoms with Gasteiger partial charge in [0.1, 0.15) is 5.75 Å². The van der Waals surface area contributed by atoms with Gasteiger partial charge in [0, 0.05) is 34.2 Å². The number of carbonyl (C=O) groups excluding carboxylic acids is 1. The highest BCUT2D eigenvalue weighted by Crippen LogP contribution is 2.40. The van der Waals surface area contributed by atoms with Gasteiger partial charge in [0.25, 0.3) is 0 Å². The van der Waals surface area contributed by atoms with Gasteiger partial charge in [-0.1, -0.05) is 23.7 Å². The van der Waals surface area contributed by atoms with E-state index in [-0.39, 0.29) is 17.6 Å². The molecule has 5 heteroatoms.